The van der Waals surface area contributed by atoms with E-state index in [1.54, 1.807) is 24.1 Å². The van der Waals surface area contributed by atoms with E-state index in [-0.39, 0.29) is 17.8 Å². The number of likely N-dealkylation sites (N-methyl/N-ethyl adjacent to an activating group) is 1. The van der Waals surface area contributed by atoms with Gasteiger partial charge in [0.1, 0.15) is 5.82 Å². The van der Waals surface area contributed by atoms with Gasteiger partial charge in [0, 0.05) is 23.2 Å². The van der Waals surface area contributed by atoms with Gasteiger partial charge in [-0.25, -0.2) is 4.39 Å². The number of hydrogen-bond acceptors (Lipinski definition) is 1. The average molecular weight is 374 g/mol. The van der Waals surface area contributed by atoms with E-state index < -0.39 is 0 Å². The highest BCUT2D eigenvalue weighted by Gasteiger charge is 2.27. The number of carbonyl (C=O) groups excluding carboxylic acids is 1. The maximum absolute atomic E-state index is 13.7. The standard InChI is InChI=1S/C19H17BrFNO/c1-22(18-10-6-13-4-2-3-5-16(13)18)19(23)11-7-14-12-15(20)8-9-17(14)21/h2-5,7-9,11-12,18H,6,10H2,1H3/b11-7+. The van der Waals surface area contributed by atoms with Crippen molar-refractivity contribution in [2.45, 2.75) is 18.9 Å². The highest BCUT2D eigenvalue weighted by atomic mass is 79.9. The second-order valence-corrected chi connectivity index (χ2v) is 6.62. The molecule has 0 saturated carbocycles. The van der Waals surface area contributed by atoms with Gasteiger partial charge in [-0.05, 0) is 48.2 Å². The summed E-state index contributed by atoms with van der Waals surface area (Å²) in [5.74, 6) is -0.461. The second-order valence-electron chi connectivity index (χ2n) is 5.70. The Balaban J connectivity index is 1.76. The Kier molecular flexibility index (Phi) is 4.62. The fourth-order valence-corrected chi connectivity index (χ4v) is 3.39. The average Bonchev–Trinajstić information content (AvgIpc) is 2.98. The van der Waals surface area contributed by atoms with E-state index in [1.165, 1.54) is 29.3 Å². The first kappa shape index (κ1) is 15.9. The zero-order chi connectivity index (χ0) is 16.4. The van der Waals surface area contributed by atoms with Crippen LogP contribution in [-0.2, 0) is 11.2 Å². The summed E-state index contributed by atoms with van der Waals surface area (Å²) in [6.45, 7) is 0. The van der Waals surface area contributed by atoms with Crippen LogP contribution in [0.25, 0.3) is 6.08 Å². The van der Waals surface area contributed by atoms with E-state index in [2.05, 4.69) is 28.1 Å². The second kappa shape index (κ2) is 6.67. The molecule has 1 aliphatic carbocycles. The molecule has 0 aliphatic heterocycles. The summed E-state index contributed by atoms with van der Waals surface area (Å²) in [6, 6.07) is 13.0. The van der Waals surface area contributed by atoms with Crippen LogP contribution in [0.2, 0.25) is 0 Å². The Hall–Kier alpha value is -1.94. The molecule has 1 unspecified atom stereocenters. The summed E-state index contributed by atoms with van der Waals surface area (Å²) in [5, 5.41) is 0. The van der Waals surface area contributed by atoms with Gasteiger partial charge in [-0.15, -0.1) is 0 Å². The quantitative estimate of drug-likeness (QED) is 0.711. The number of benzene rings is 2. The molecule has 0 aromatic heterocycles. The molecule has 0 heterocycles. The number of amides is 1. The normalized spacial score (nSPS) is 16.6. The molecule has 2 aromatic rings. The molecule has 0 bridgehead atoms. The number of halogens is 2. The predicted molar refractivity (Wildman–Crippen MR) is 93.4 cm³/mol. The van der Waals surface area contributed by atoms with Crippen molar-refractivity contribution < 1.29 is 9.18 Å². The maximum Gasteiger partial charge on any atom is 0.246 e. The number of aryl methyl sites for hydroxylation is 1. The first-order valence-electron chi connectivity index (χ1n) is 7.54. The minimum absolute atomic E-state index is 0.0932. The minimum atomic E-state index is -0.342. The summed E-state index contributed by atoms with van der Waals surface area (Å²) < 4.78 is 14.5. The summed E-state index contributed by atoms with van der Waals surface area (Å²) >= 11 is 3.31. The lowest BCUT2D eigenvalue weighted by Crippen LogP contribution is -2.28. The summed E-state index contributed by atoms with van der Waals surface area (Å²) in [4.78, 5) is 14.1. The van der Waals surface area contributed by atoms with Crippen LogP contribution in [0.4, 0.5) is 4.39 Å². The number of fused-ring (bicyclic) bond motifs is 1. The lowest BCUT2D eigenvalue weighted by Gasteiger charge is -2.24. The number of nitrogens with zero attached hydrogens (tertiary/aromatic N) is 1. The smallest absolute Gasteiger partial charge is 0.246 e. The van der Waals surface area contributed by atoms with E-state index in [1.807, 2.05) is 12.1 Å². The molecule has 0 spiro atoms. The van der Waals surface area contributed by atoms with Crippen LogP contribution in [-0.4, -0.2) is 17.9 Å². The van der Waals surface area contributed by atoms with Crippen LogP contribution in [0.1, 0.15) is 29.2 Å². The molecule has 0 radical (unpaired) electrons. The number of carbonyl (C=O) groups is 1. The van der Waals surface area contributed by atoms with E-state index in [4.69, 9.17) is 0 Å². The lowest BCUT2D eigenvalue weighted by atomic mass is 10.1. The number of hydrogen-bond donors (Lipinski definition) is 0. The minimum Gasteiger partial charge on any atom is -0.335 e. The monoisotopic (exact) mass is 373 g/mol. The van der Waals surface area contributed by atoms with Crippen molar-refractivity contribution in [2.75, 3.05) is 7.05 Å². The molecule has 4 heteroatoms. The zero-order valence-electron chi connectivity index (χ0n) is 12.8. The van der Waals surface area contributed by atoms with Gasteiger partial charge in [0.05, 0.1) is 6.04 Å². The summed E-state index contributed by atoms with van der Waals surface area (Å²) in [7, 11) is 1.80. The van der Waals surface area contributed by atoms with Crippen LogP contribution >= 0.6 is 15.9 Å². The van der Waals surface area contributed by atoms with Gasteiger partial charge >= 0.3 is 0 Å². The van der Waals surface area contributed by atoms with Crippen LogP contribution in [0.15, 0.2) is 53.0 Å². The lowest BCUT2D eigenvalue weighted by molar-refractivity contribution is -0.126. The third kappa shape index (κ3) is 3.37. The molecule has 3 rings (SSSR count). The third-order valence-electron chi connectivity index (χ3n) is 4.28. The molecular formula is C19H17BrFNO. The van der Waals surface area contributed by atoms with Gasteiger partial charge < -0.3 is 4.90 Å². The fraction of sp³-hybridized carbons (Fsp3) is 0.211. The Bertz CT molecular complexity index is 772. The van der Waals surface area contributed by atoms with Gasteiger partial charge in [-0.2, -0.15) is 0 Å². The third-order valence-corrected chi connectivity index (χ3v) is 4.77. The molecule has 1 aliphatic rings. The molecule has 1 amide bonds. The molecule has 2 aromatic carbocycles. The van der Waals surface area contributed by atoms with Gasteiger partial charge in [0.2, 0.25) is 5.91 Å². The molecule has 23 heavy (non-hydrogen) atoms. The molecule has 2 nitrogen and oxygen atoms in total. The zero-order valence-corrected chi connectivity index (χ0v) is 14.4. The molecule has 0 saturated heterocycles. The van der Waals surface area contributed by atoms with Gasteiger partial charge in [-0.3, -0.25) is 4.79 Å². The Morgan fingerprint density at radius 3 is 2.91 bits per heavy atom. The van der Waals surface area contributed by atoms with Crippen molar-refractivity contribution in [3.8, 4) is 0 Å². The highest BCUT2D eigenvalue weighted by molar-refractivity contribution is 9.10. The van der Waals surface area contributed by atoms with E-state index in [0.29, 0.717) is 5.56 Å². The Morgan fingerprint density at radius 2 is 2.09 bits per heavy atom. The van der Waals surface area contributed by atoms with Crippen molar-refractivity contribution in [1.29, 1.82) is 0 Å². The van der Waals surface area contributed by atoms with Crippen molar-refractivity contribution >= 4 is 27.9 Å². The fourth-order valence-electron chi connectivity index (χ4n) is 3.01. The molecule has 0 fully saturated rings. The Morgan fingerprint density at radius 1 is 1.30 bits per heavy atom. The van der Waals surface area contributed by atoms with Crippen LogP contribution in [0.3, 0.4) is 0 Å². The van der Waals surface area contributed by atoms with E-state index in [9.17, 15) is 9.18 Å². The van der Waals surface area contributed by atoms with Gasteiger partial charge in [0.25, 0.3) is 0 Å². The van der Waals surface area contributed by atoms with Gasteiger partial charge in [-0.1, -0.05) is 40.2 Å². The molecule has 0 N–H and O–H groups in total. The molecule has 118 valence electrons. The predicted octanol–water partition coefficient (Wildman–Crippen LogP) is 4.75. The van der Waals surface area contributed by atoms with Crippen molar-refractivity contribution in [1.82, 2.24) is 4.90 Å². The Labute approximate surface area is 143 Å². The largest absolute Gasteiger partial charge is 0.335 e. The van der Waals surface area contributed by atoms with E-state index >= 15 is 0 Å². The van der Waals surface area contributed by atoms with Crippen molar-refractivity contribution in [3.05, 3.63) is 75.5 Å². The van der Waals surface area contributed by atoms with Crippen LogP contribution in [0.5, 0.6) is 0 Å². The maximum atomic E-state index is 13.7. The molecule has 1 atom stereocenters. The van der Waals surface area contributed by atoms with Crippen molar-refractivity contribution in [2.24, 2.45) is 0 Å². The SMILES string of the molecule is CN(C(=O)/C=C/c1cc(Br)ccc1F)C1CCc2ccccc21. The molecular weight excluding hydrogens is 357 g/mol. The summed E-state index contributed by atoms with van der Waals surface area (Å²) in [6.07, 6.45) is 4.88. The van der Waals surface area contributed by atoms with E-state index in [0.717, 1.165) is 17.3 Å². The van der Waals surface area contributed by atoms with Crippen LogP contribution < -0.4 is 0 Å². The van der Waals surface area contributed by atoms with Crippen LogP contribution in [0, 0.1) is 5.82 Å². The summed E-state index contributed by atoms with van der Waals surface area (Å²) in [5.41, 5.74) is 2.91. The van der Waals surface area contributed by atoms with Crippen molar-refractivity contribution in [3.63, 3.8) is 0 Å². The first-order chi connectivity index (χ1) is 11.1. The van der Waals surface area contributed by atoms with Gasteiger partial charge in [0.15, 0.2) is 0 Å². The topological polar surface area (TPSA) is 20.3 Å². The first-order valence-corrected chi connectivity index (χ1v) is 8.33. The number of rotatable bonds is 3. The highest BCUT2D eigenvalue weighted by Crippen LogP contribution is 2.34.